The van der Waals surface area contributed by atoms with E-state index in [4.69, 9.17) is 5.11 Å². The number of benzene rings is 1. The third-order valence-corrected chi connectivity index (χ3v) is 2.78. The smallest absolute Gasteiger partial charge is 0.416 e. The molecule has 21 heavy (non-hydrogen) atoms. The lowest BCUT2D eigenvalue weighted by atomic mass is 10.1. The monoisotopic (exact) mass is 293 g/mol. The van der Waals surface area contributed by atoms with E-state index in [2.05, 4.69) is 4.98 Å². The molecule has 1 heterocycles. The second-order valence-electron chi connectivity index (χ2n) is 4.22. The van der Waals surface area contributed by atoms with Crippen molar-refractivity contribution in [2.45, 2.75) is 6.18 Å². The van der Waals surface area contributed by atoms with Gasteiger partial charge in [-0.15, -0.1) is 0 Å². The number of hydrogen-bond acceptors (Lipinski definition) is 2. The number of hydrogen-bond donors (Lipinski definition) is 1. The summed E-state index contributed by atoms with van der Waals surface area (Å²) in [6.45, 7) is 0. The molecule has 0 aliphatic rings. The van der Waals surface area contributed by atoms with Gasteiger partial charge in [0.15, 0.2) is 0 Å². The minimum atomic E-state index is -4.37. The Kier molecular flexibility index (Phi) is 4.07. The molecule has 0 unspecified atom stereocenters. The summed E-state index contributed by atoms with van der Waals surface area (Å²) in [6, 6.07) is 5.93. The minimum absolute atomic E-state index is 0.0770. The Morgan fingerprint density at radius 3 is 2.33 bits per heavy atom. The van der Waals surface area contributed by atoms with E-state index in [9.17, 15) is 18.0 Å². The van der Waals surface area contributed by atoms with E-state index in [1.165, 1.54) is 42.7 Å². The first kappa shape index (κ1) is 14.8. The van der Waals surface area contributed by atoms with Crippen molar-refractivity contribution in [1.82, 2.24) is 4.98 Å². The Hall–Kier alpha value is -2.63. The van der Waals surface area contributed by atoms with Gasteiger partial charge in [0, 0.05) is 18.0 Å². The Morgan fingerprint density at radius 1 is 1.10 bits per heavy atom. The third kappa shape index (κ3) is 3.68. The maximum absolute atomic E-state index is 12.4. The van der Waals surface area contributed by atoms with Gasteiger partial charge in [-0.25, -0.2) is 4.79 Å². The molecule has 0 amide bonds. The summed E-state index contributed by atoms with van der Waals surface area (Å²) in [5, 5.41) is 9.00. The molecule has 1 N–H and O–H groups in total. The highest BCUT2D eigenvalue weighted by molar-refractivity contribution is 5.93. The lowest BCUT2D eigenvalue weighted by Gasteiger charge is -2.06. The van der Waals surface area contributed by atoms with Crippen molar-refractivity contribution >= 4 is 18.1 Å². The number of carbonyl (C=O) groups is 1. The van der Waals surface area contributed by atoms with Crippen LogP contribution in [0.15, 0.2) is 42.7 Å². The van der Waals surface area contributed by atoms with Crippen molar-refractivity contribution in [3.05, 3.63) is 65.0 Å². The molecule has 0 saturated carbocycles. The van der Waals surface area contributed by atoms with Crippen LogP contribution in [0.2, 0.25) is 0 Å². The molecule has 0 atom stereocenters. The fraction of sp³-hybridized carbons (Fsp3) is 0.0667. The highest BCUT2D eigenvalue weighted by Gasteiger charge is 2.29. The molecule has 3 nitrogen and oxygen atoms in total. The van der Waals surface area contributed by atoms with Gasteiger partial charge >= 0.3 is 12.1 Å². The van der Waals surface area contributed by atoms with Gasteiger partial charge in [-0.05, 0) is 23.8 Å². The highest BCUT2D eigenvalue weighted by atomic mass is 19.4. The number of rotatable bonds is 3. The van der Waals surface area contributed by atoms with Crippen molar-refractivity contribution in [3.8, 4) is 0 Å². The third-order valence-electron chi connectivity index (χ3n) is 2.78. The zero-order chi connectivity index (χ0) is 15.5. The number of halogens is 3. The van der Waals surface area contributed by atoms with Gasteiger partial charge in [0.1, 0.15) is 0 Å². The lowest BCUT2D eigenvalue weighted by molar-refractivity contribution is -0.137. The second-order valence-corrected chi connectivity index (χ2v) is 4.22. The maximum atomic E-state index is 12.4. The molecule has 0 aliphatic carbocycles. The second kappa shape index (κ2) is 5.78. The van der Waals surface area contributed by atoms with E-state index in [0.29, 0.717) is 11.1 Å². The number of pyridine rings is 1. The van der Waals surface area contributed by atoms with E-state index in [0.717, 1.165) is 12.1 Å². The molecule has 1 aromatic heterocycles. The number of carboxylic acids is 1. The molecule has 0 spiro atoms. The summed E-state index contributed by atoms with van der Waals surface area (Å²) >= 11 is 0. The quantitative estimate of drug-likeness (QED) is 0.931. The van der Waals surface area contributed by atoms with Crippen LogP contribution in [0.3, 0.4) is 0 Å². The normalized spacial score (nSPS) is 11.8. The number of carboxylic acid groups (broad SMARTS) is 1. The molecule has 0 fully saturated rings. The van der Waals surface area contributed by atoms with Crippen molar-refractivity contribution in [2.75, 3.05) is 0 Å². The topological polar surface area (TPSA) is 50.2 Å². The van der Waals surface area contributed by atoms with Crippen LogP contribution in [0.1, 0.15) is 27.0 Å². The van der Waals surface area contributed by atoms with E-state index in [-0.39, 0.29) is 5.56 Å². The Balaban J connectivity index is 2.24. The van der Waals surface area contributed by atoms with Crippen LogP contribution in [0.5, 0.6) is 0 Å². The van der Waals surface area contributed by atoms with Crippen LogP contribution in [0.25, 0.3) is 12.2 Å². The van der Waals surface area contributed by atoms with E-state index in [1.54, 1.807) is 0 Å². The van der Waals surface area contributed by atoms with Crippen LogP contribution >= 0.6 is 0 Å². The molecule has 108 valence electrons. The molecule has 6 heteroatoms. The van der Waals surface area contributed by atoms with Crippen LogP contribution in [-0.4, -0.2) is 16.1 Å². The lowest BCUT2D eigenvalue weighted by Crippen LogP contribution is -2.03. The fourth-order valence-electron chi connectivity index (χ4n) is 1.70. The van der Waals surface area contributed by atoms with E-state index >= 15 is 0 Å². The first-order chi connectivity index (χ1) is 9.88. The summed E-state index contributed by atoms with van der Waals surface area (Å²) in [5.41, 5.74) is 0.258. The summed E-state index contributed by atoms with van der Waals surface area (Å²) in [4.78, 5) is 14.8. The number of alkyl halides is 3. The fourth-order valence-corrected chi connectivity index (χ4v) is 1.70. The molecular formula is C15H10F3NO2. The van der Waals surface area contributed by atoms with Gasteiger partial charge in [0.05, 0.1) is 11.1 Å². The Labute approximate surface area is 118 Å². The van der Waals surface area contributed by atoms with Gasteiger partial charge in [-0.2, -0.15) is 13.2 Å². The summed E-state index contributed by atoms with van der Waals surface area (Å²) in [7, 11) is 0. The van der Waals surface area contributed by atoms with Crippen LogP contribution in [0, 0.1) is 0 Å². The van der Waals surface area contributed by atoms with Crippen molar-refractivity contribution in [1.29, 1.82) is 0 Å². The number of aromatic carboxylic acids is 1. The summed E-state index contributed by atoms with van der Waals surface area (Å²) in [5.74, 6) is -1.09. The SMILES string of the molecule is O=C(O)c1ccncc1C=Cc1ccc(C(F)(F)F)cc1. The highest BCUT2D eigenvalue weighted by Crippen LogP contribution is 2.29. The zero-order valence-electron chi connectivity index (χ0n) is 10.6. The molecule has 0 aliphatic heterocycles. The average molecular weight is 293 g/mol. The van der Waals surface area contributed by atoms with Crippen molar-refractivity contribution < 1.29 is 23.1 Å². The van der Waals surface area contributed by atoms with Crippen molar-refractivity contribution in [2.24, 2.45) is 0 Å². The maximum Gasteiger partial charge on any atom is 0.416 e. The van der Waals surface area contributed by atoms with Gasteiger partial charge in [0.25, 0.3) is 0 Å². The predicted octanol–water partition coefficient (Wildman–Crippen LogP) is 3.97. The number of aromatic nitrogens is 1. The van der Waals surface area contributed by atoms with E-state index in [1.807, 2.05) is 0 Å². The standard InChI is InChI=1S/C15H10F3NO2/c16-15(17,18)12-5-2-10(3-6-12)1-4-11-9-19-8-7-13(11)14(20)21/h1-9H,(H,20,21). The van der Waals surface area contributed by atoms with Crippen molar-refractivity contribution in [3.63, 3.8) is 0 Å². The molecule has 2 aromatic rings. The zero-order valence-corrected chi connectivity index (χ0v) is 10.6. The minimum Gasteiger partial charge on any atom is -0.478 e. The number of nitrogens with zero attached hydrogens (tertiary/aromatic N) is 1. The first-order valence-corrected chi connectivity index (χ1v) is 5.90. The molecule has 0 saturated heterocycles. The predicted molar refractivity (Wildman–Crippen MR) is 71.6 cm³/mol. The largest absolute Gasteiger partial charge is 0.478 e. The van der Waals surface area contributed by atoms with Gasteiger partial charge < -0.3 is 5.11 Å². The molecular weight excluding hydrogens is 283 g/mol. The molecule has 1 aromatic carbocycles. The van der Waals surface area contributed by atoms with E-state index < -0.39 is 17.7 Å². The van der Waals surface area contributed by atoms with Gasteiger partial charge in [-0.1, -0.05) is 24.3 Å². The van der Waals surface area contributed by atoms with Gasteiger partial charge in [0.2, 0.25) is 0 Å². The summed E-state index contributed by atoms with van der Waals surface area (Å²) in [6.07, 6.45) is 1.40. The van der Waals surface area contributed by atoms with Gasteiger partial charge in [-0.3, -0.25) is 4.98 Å². The molecule has 0 bridgehead atoms. The Bertz CT molecular complexity index is 676. The summed E-state index contributed by atoms with van der Waals surface area (Å²) < 4.78 is 37.3. The molecule has 0 radical (unpaired) electrons. The first-order valence-electron chi connectivity index (χ1n) is 5.90. The van der Waals surface area contributed by atoms with Crippen LogP contribution in [-0.2, 0) is 6.18 Å². The average Bonchev–Trinajstić information content (AvgIpc) is 2.45. The Morgan fingerprint density at radius 2 is 1.76 bits per heavy atom. The van der Waals surface area contributed by atoms with Crippen LogP contribution in [0.4, 0.5) is 13.2 Å². The van der Waals surface area contributed by atoms with Crippen LogP contribution < -0.4 is 0 Å². The molecule has 2 rings (SSSR count).